The Hall–Kier alpha value is -1.57. The average molecular weight is 269 g/mol. The molecule has 0 amide bonds. The molecule has 0 saturated carbocycles. The van der Waals surface area contributed by atoms with Gasteiger partial charge in [-0.05, 0) is 13.8 Å². The Bertz CT molecular complexity index is 350. The van der Waals surface area contributed by atoms with Gasteiger partial charge in [-0.25, -0.2) is 4.79 Å². The van der Waals surface area contributed by atoms with Crippen LogP contribution in [0.5, 0.6) is 0 Å². The minimum atomic E-state index is -5.05. The second-order valence-corrected chi connectivity index (χ2v) is 3.05. The second-order valence-electron chi connectivity index (χ2n) is 3.05. The van der Waals surface area contributed by atoms with Gasteiger partial charge in [0.2, 0.25) is 0 Å². The highest BCUT2D eigenvalue weighted by Gasteiger charge is 2.41. The minimum Gasteiger partial charge on any atom is -0.509 e. The lowest BCUT2D eigenvalue weighted by Gasteiger charge is -2.13. The zero-order valence-electron chi connectivity index (χ0n) is 9.93. The smallest absolute Gasteiger partial charge is 0.433 e. The molecule has 0 heterocycles. The topological polar surface area (TPSA) is 79.6 Å². The van der Waals surface area contributed by atoms with Crippen molar-refractivity contribution in [2.45, 2.75) is 20.0 Å². The van der Waals surface area contributed by atoms with Gasteiger partial charge in [0.05, 0.1) is 6.61 Å². The number of esters is 1. The summed E-state index contributed by atoms with van der Waals surface area (Å²) in [6.07, 6.45) is -5.05. The number of carbonyl (C=O) groups excluding carboxylic acids is 1. The van der Waals surface area contributed by atoms with E-state index < -0.39 is 35.8 Å². The number of nitrogens with one attached hydrogen (secondary N) is 1. The first-order valence-electron chi connectivity index (χ1n) is 5.08. The van der Waals surface area contributed by atoms with Crippen molar-refractivity contribution in [1.29, 1.82) is 5.41 Å². The van der Waals surface area contributed by atoms with Crippen LogP contribution in [0.25, 0.3) is 0 Å². The summed E-state index contributed by atoms with van der Waals surface area (Å²) in [6.45, 7) is 2.33. The number of carbonyl (C=O) groups is 1. The lowest BCUT2D eigenvalue weighted by atomic mass is 10.1. The monoisotopic (exact) mass is 269 g/mol. The summed E-state index contributed by atoms with van der Waals surface area (Å²) in [6, 6.07) is 0. The highest BCUT2D eigenvalue weighted by Crippen LogP contribution is 2.23. The molecule has 0 rings (SSSR count). The summed E-state index contributed by atoms with van der Waals surface area (Å²) in [5.74, 6) is -2.38. The molecule has 0 aromatic heterocycles. The fourth-order valence-electron chi connectivity index (χ4n) is 0.980. The van der Waals surface area contributed by atoms with Crippen LogP contribution in [0.1, 0.15) is 13.8 Å². The number of rotatable bonds is 6. The van der Waals surface area contributed by atoms with Gasteiger partial charge in [-0.3, -0.25) is 5.41 Å². The maximum absolute atomic E-state index is 12.4. The van der Waals surface area contributed by atoms with Crippen LogP contribution in [0.3, 0.4) is 0 Å². The van der Waals surface area contributed by atoms with E-state index >= 15 is 0 Å². The lowest BCUT2D eigenvalue weighted by molar-refractivity contribution is -0.138. The normalized spacial score (nSPS) is 12.9. The van der Waals surface area contributed by atoms with Crippen LogP contribution in [-0.4, -0.2) is 42.8 Å². The van der Waals surface area contributed by atoms with E-state index in [1.807, 2.05) is 0 Å². The van der Waals surface area contributed by atoms with Crippen LogP contribution in [0.15, 0.2) is 11.3 Å². The molecule has 0 aromatic carbocycles. The highest BCUT2D eigenvalue weighted by atomic mass is 19.4. The predicted octanol–water partition coefficient (Wildman–Crippen LogP) is 1.98. The SMILES string of the molecule is CCOCC(O)=C(C(=N)C(F)(F)F)C(=O)OCC. The zero-order chi connectivity index (χ0) is 14.3. The van der Waals surface area contributed by atoms with Gasteiger partial charge in [-0.2, -0.15) is 13.2 Å². The van der Waals surface area contributed by atoms with Gasteiger partial charge in [0.1, 0.15) is 17.9 Å². The van der Waals surface area contributed by atoms with Gasteiger partial charge in [0.15, 0.2) is 5.71 Å². The van der Waals surface area contributed by atoms with E-state index in [4.69, 9.17) is 5.41 Å². The summed E-state index contributed by atoms with van der Waals surface area (Å²) in [5, 5.41) is 16.3. The molecule has 0 aromatic rings. The first-order chi connectivity index (χ1) is 8.25. The molecule has 0 bridgehead atoms. The Kier molecular flexibility index (Phi) is 6.39. The summed E-state index contributed by atoms with van der Waals surface area (Å²) >= 11 is 0. The summed E-state index contributed by atoms with van der Waals surface area (Å²) in [5.41, 5.74) is -3.18. The van der Waals surface area contributed by atoms with E-state index in [2.05, 4.69) is 9.47 Å². The number of hydrogen-bond donors (Lipinski definition) is 2. The van der Waals surface area contributed by atoms with Crippen LogP contribution in [0.4, 0.5) is 13.2 Å². The molecule has 8 heteroatoms. The van der Waals surface area contributed by atoms with Crippen molar-refractivity contribution in [3.8, 4) is 0 Å². The van der Waals surface area contributed by atoms with E-state index in [-0.39, 0.29) is 13.2 Å². The predicted molar refractivity (Wildman–Crippen MR) is 56.6 cm³/mol. The van der Waals surface area contributed by atoms with Crippen molar-refractivity contribution < 1.29 is 32.5 Å². The van der Waals surface area contributed by atoms with Crippen LogP contribution in [0, 0.1) is 5.41 Å². The maximum atomic E-state index is 12.4. The van der Waals surface area contributed by atoms with Gasteiger partial charge >= 0.3 is 12.1 Å². The highest BCUT2D eigenvalue weighted by molar-refractivity contribution is 6.21. The second kappa shape index (κ2) is 7.00. The number of aliphatic hydroxyl groups excluding tert-OH is 1. The number of aliphatic hydroxyl groups is 1. The molecule has 5 nitrogen and oxygen atoms in total. The molecular weight excluding hydrogens is 255 g/mol. The quantitative estimate of drug-likeness (QED) is 0.334. The van der Waals surface area contributed by atoms with Crippen molar-refractivity contribution in [1.82, 2.24) is 0 Å². The molecule has 2 N–H and O–H groups in total. The lowest BCUT2D eigenvalue weighted by Crippen LogP contribution is -2.30. The number of halogens is 3. The zero-order valence-corrected chi connectivity index (χ0v) is 9.93. The minimum absolute atomic E-state index is 0.138. The van der Waals surface area contributed by atoms with Crippen molar-refractivity contribution in [2.75, 3.05) is 19.8 Å². The fourth-order valence-corrected chi connectivity index (χ4v) is 0.980. The molecule has 0 aliphatic heterocycles. The Morgan fingerprint density at radius 2 is 1.83 bits per heavy atom. The van der Waals surface area contributed by atoms with Crippen LogP contribution in [-0.2, 0) is 14.3 Å². The summed E-state index contributed by atoms with van der Waals surface area (Å²) < 4.78 is 46.1. The van der Waals surface area contributed by atoms with Crippen molar-refractivity contribution in [3.63, 3.8) is 0 Å². The number of hydrogen-bond acceptors (Lipinski definition) is 5. The first kappa shape index (κ1) is 16.4. The van der Waals surface area contributed by atoms with E-state index in [0.29, 0.717) is 0 Å². The van der Waals surface area contributed by atoms with Gasteiger partial charge in [-0.1, -0.05) is 0 Å². The maximum Gasteiger partial charge on any atom is 0.433 e. The van der Waals surface area contributed by atoms with E-state index in [1.165, 1.54) is 6.92 Å². The van der Waals surface area contributed by atoms with Gasteiger partial charge in [-0.15, -0.1) is 0 Å². The Balaban J connectivity index is 5.30. The molecule has 0 atom stereocenters. The van der Waals surface area contributed by atoms with E-state index in [9.17, 15) is 23.1 Å². The molecule has 0 spiro atoms. The molecule has 0 unspecified atom stereocenters. The van der Waals surface area contributed by atoms with Gasteiger partial charge < -0.3 is 14.6 Å². The molecule has 0 aliphatic carbocycles. The molecule has 0 radical (unpaired) electrons. The summed E-state index contributed by atoms with van der Waals surface area (Å²) in [4.78, 5) is 11.3. The number of ether oxygens (including phenoxy) is 2. The Labute approximate surface area is 102 Å². The molecule has 0 saturated heterocycles. The van der Waals surface area contributed by atoms with E-state index in [0.717, 1.165) is 0 Å². The Morgan fingerprint density at radius 3 is 2.22 bits per heavy atom. The van der Waals surface area contributed by atoms with E-state index in [1.54, 1.807) is 6.92 Å². The molecular formula is C10H14F3NO4. The van der Waals surface area contributed by atoms with Gasteiger partial charge in [0, 0.05) is 6.61 Å². The van der Waals surface area contributed by atoms with Crippen molar-refractivity contribution in [3.05, 3.63) is 11.3 Å². The molecule has 104 valence electrons. The molecule has 0 aliphatic rings. The van der Waals surface area contributed by atoms with Crippen LogP contribution < -0.4 is 0 Å². The van der Waals surface area contributed by atoms with Crippen molar-refractivity contribution in [2.24, 2.45) is 0 Å². The Morgan fingerprint density at radius 1 is 1.28 bits per heavy atom. The standard InChI is InChI=1S/C10H14F3NO4/c1-3-17-5-6(15)7(9(16)18-4-2)8(14)10(11,12)13/h14-15H,3-5H2,1-2H3. The third-order valence-electron chi connectivity index (χ3n) is 1.74. The average Bonchev–Trinajstić information content (AvgIpc) is 2.25. The molecule has 18 heavy (non-hydrogen) atoms. The van der Waals surface area contributed by atoms with Gasteiger partial charge in [0.25, 0.3) is 0 Å². The third-order valence-corrected chi connectivity index (χ3v) is 1.74. The molecule has 0 fully saturated rings. The summed E-state index contributed by atoms with van der Waals surface area (Å²) in [7, 11) is 0. The first-order valence-corrected chi connectivity index (χ1v) is 5.08. The largest absolute Gasteiger partial charge is 0.509 e. The fraction of sp³-hybridized carbons (Fsp3) is 0.600. The third kappa shape index (κ3) is 4.74. The van der Waals surface area contributed by atoms with Crippen LogP contribution in [0.2, 0.25) is 0 Å². The van der Waals surface area contributed by atoms with Crippen molar-refractivity contribution >= 4 is 11.7 Å². The number of alkyl halides is 3. The van der Waals surface area contributed by atoms with Crippen LogP contribution >= 0.6 is 0 Å².